The van der Waals surface area contributed by atoms with E-state index in [1.54, 1.807) is 13.1 Å². The number of hydrogen-bond donors (Lipinski definition) is 1. The van der Waals surface area contributed by atoms with Gasteiger partial charge in [0.15, 0.2) is 5.96 Å². The number of nitrogens with one attached hydrogen (secondary N) is 1. The molecule has 0 atom stereocenters. The van der Waals surface area contributed by atoms with Gasteiger partial charge in [0, 0.05) is 45.8 Å². The molecule has 1 aromatic heterocycles. The SMILES string of the molecule is CN=C(NCCc1ccccc1C)N1CCN(S(=O)(=O)Cc2ccon2)CC1. The van der Waals surface area contributed by atoms with Gasteiger partial charge in [-0.2, -0.15) is 4.31 Å². The second-order valence-electron chi connectivity index (χ2n) is 6.78. The fraction of sp³-hybridized carbons (Fsp3) is 0.474. The molecule has 1 aliphatic rings. The van der Waals surface area contributed by atoms with Crippen molar-refractivity contribution < 1.29 is 12.9 Å². The monoisotopic (exact) mass is 405 g/mol. The highest BCUT2D eigenvalue weighted by atomic mass is 32.2. The fourth-order valence-corrected chi connectivity index (χ4v) is 4.72. The highest BCUT2D eigenvalue weighted by Gasteiger charge is 2.28. The maximum Gasteiger partial charge on any atom is 0.220 e. The van der Waals surface area contributed by atoms with Crippen LogP contribution in [0.4, 0.5) is 0 Å². The maximum atomic E-state index is 12.5. The Morgan fingerprint density at radius 2 is 1.96 bits per heavy atom. The third-order valence-corrected chi connectivity index (χ3v) is 6.72. The lowest BCUT2D eigenvalue weighted by Crippen LogP contribution is -2.54. The van der Waals surface area contributed by atoms with Gasteiger partial charge in [0.1, 0.15) is 12.0 Å². The van der Waals surface area contributed by atoms with Crippen molar-refractivity contribution in [1.29, 1.82) is 0 Å². The van der Waals surface area contributed by atoms with Crippen LogP contribution in [0.1, 0.15) is 16.8 Å². The van der Waals surface area contributed by atoms with E-state index in [9.17, 15) is 8.42 Å². The van der Waals surface area contributed by atoms with E-state index in [0.717, 1.165) is 18.9 Å². The Labute approximate surface area is 166 Å². The number of benzene rings is 1. The molecule has 1 aromatic carbocycles. The lowest BCUT2D eigenvalue weighted by molar-refractivity contribution is 0.260. The first kappa shape index (κ1) is 20.3. The third-order valence-electron chi connectivity index (χ3n) is 4.90. The molecule has 1 aliphatic heterocycles. The number of aliphatic imine (C=N–C) groups is 1. The van der Waals surface area contributed by atoms with E-state index in [1.807, 2.05) is 6.07 Å². The predicted molar refractivity (Wildman–Crippen MR) is 109 cm³/mol. The molecule has 0 unspecified atom stereocenters. The van der Waals surface area contributed by atoms with Gasteiger partial charge in [-0.05, 0) is 24.5 Å². The molecule has 0 amide bonds. The Morgan fingerprint density at radius 3 is 2.61 bits per heavy atom. The number of piperazine rings is 1. The molecule has 0 aliphatic carbocycles. The Bertz CT molecular complexity index is 888. The first-order chi connectivity index (χ1) is 13.5. The number of aromatic nitrogens is 1. The molecule has 3 rings (SSSR count). The summed E-state index contributed by atoms with van der Waals surface area (Å²) in [5, 5.41) is 7.09. The summed E-state index contributed by atoms with van der Waals surface area (Å²) in [6, 6.07) is 9.92. The number of rotatable bonds is 6. The van der Waals surface area contributed by atoms with E-state index < -0.39 is 10.0 Å². The van der Waals surface area contributed by atoms with Crippen molar-refractivity contribution in [3.05, 3.63) is 53.4 Å². The highest BCUT2D eigenvalue weighted by Crippen LogP contribution is 2.13. The largest absolute Gasteiger partial charge is 0.364 e. The van der Waals surface area contributed by atoms with Gasteiger partial charge in [-0.1, -0.05) is 29.4 Å². The van der Waals surface area contributed by atoms with Gasteiger partial charge < -0.3 is 14.7 Å². The number of sulfonamides is 1. The molecule has 152 valence electrons. The maximum absolute atomic E-state index is 12.5. The summed E-state index contributed by atoms with van der Waals surface area (Å²) in [6.45, 7) is 4.95. The molecule has 2 heterocycles. The molecule has 0 saturated carbocycles. The van der Waals surface area contributed by atoms with Crippen molar-refractivity contribution >= 4 is 16.0 Å². The van der Waals surface area contributed by atoms with E-state index >= 15 is 0 Å². The van der Waals surface area contributed by atoms with Crippen LogP contribution in [-0.4, -0.2) is 68.5 Å². The van der Waals surface area contributed by atoms with Crippen LogP contribution in [0.3, 0.4) is 0 Å². The van der Waals surface area contributed by atoms with E-state index in [-0.39, 0.29) is 5.75 Å². The van der Waals surface area contributed by atoms with Crippen LogP contribution in [-0.2, 0) is 22.2 Å². The first-order valence-electron chi connectivity index (χ1n) is 9.37. The molecule has 0 bridgehead atoms. The summed E-state index contributed by atoms with van der Waals surface area (Å²) in [4.78, 5) is 6.45. The second-order valence-corrected chi connectivity index (χ2v) is 8.75. The molecular weight excluding hydrogens is 378 g/mol. The average molecular weight is 406 g/mol. The van der Waals surface area contributed by atoms with Crippen LogP contribution in [0.25, 0.3) is 0 Å². The van der Waals surface area contributed by atoms with Gasteiger partial charge in [0.05, 0.1) is 5.69 Å². The first-order valence-corrected chi connectivity index (χ1v) is 11.0. The van der Waals surface area contributed by atoms with Crippen LogP contribution < -0.4 is 5.32 Å². The summed E-state index contributed by atoms with van der Waals surface area (Å²) >= 11 is 0. The van der Waals surface area contributed by atoms with Crippen molar-refractivity contribution in [2.24, 2.45) is 4.99 Å². The highest BCUT2D eigenvalue weighted by molar-refractivity contribution is 7.88. The molecule has 9 heteroatoms. The summed E-state index contributed by atoms with van der Waals surface area (Å²) in [6.07, 6.45) is 2.30. The predicted octanol–water partition coefficient (Wildman–Crippen LogP) is 1.25. The molecule has 8 nitrogen and oxygen atoms in total. The minimum atomic E-state index is -3.40. The van der Waals surface area contributed by atoms with E-state index in [0.29, 0.717) is 31.9 Å². The molecular formula is C19H27N5O3S. The summed E-state index contributed by atoms with van der Waals surface area (Å²) in [5.41, 5.74) is 3.02. The fourth-order valence-electron chi connectivity index (χ4n) is 3.30. The van der Waals surface area contributed by atoms with Gasteiger partial charge in [-0.15, -0.1) is 0 Å². The summed E-state index contributed by atoms with van der Waals surface area (Å²) in [7, 11) is -1.64. The van der Waals surface area contributed by atoms with E-state index in [2.05, 4.69) is 45.5 Å². The Balaban J connectivity index is 1.49. The molecule has 0 radical (unpaired) electrons. The number of nitrogens with zero attached hydrogens (tertiary/aromatic N) is 4. The van der Waals surface area contributed by atoms with Crippen molar-refractivity contribution in [3.63, 3.8) is 0 Å². The van der Waals surface area contributed by atoms with Crippen LogP contribution in [0, 0.1) is 6.92 Å². The topological polar surface area (TPSA) is 91.0 Å². The zero-order valence-corrected chi connectivity index (χ0v) is 17.2. The van der Waals surface area contributed by atoms with Crippen molar-refractivity contribution in [1.82, 2.24) is 19.7 Å². The van der Waals surface area contributed by atoms with Crippen LogP contribution >= 0.6 is 0 Å². The summed E-state index contributed by atoms with van der Waals surface area (Å²) < 4.78 is 31.3. The standard InChI is InChI=1S/C19H27N5O3S/c1-16-5-3-4-6-17(16)7-9-21-19(20-2)23-10-12-24(13-11-23)28(25,26)15-18-8-14-27-22-18/h3-6,8,14H,7,9-13,15H2,1-2H3,(H,20,21). The van der Waals surface area contributed by atoms with Gasteiger partial charge in [0.25, 0.3) is 0 Å². The molecule has 1 saturated heterocycles. The van der Waals surface area contributed by atoms with Crippen molar-refractivity contribution in [2.45, 2.75) is 19.1 Å². The molecule has 1 fully saturated rings. The normalized spacial score (nSPS) is 16.4. The van der Waals surface area contributed by atoms with Crippen LogP contribution in [0.15, 0.2) is 46.1 Å². The Hall–Kier alpha value is -2.39. The zero-order valence-electron chi connectivity index (χ0n) is 16.3. The number of hydrogen-bond acceptors (Lipinski definition) is 5. The minimum absolute atomic E-state index is 0.132. The quantitative estimate of drug-likeness (QED) is 0.575. The van der Waals surface area contributed by atoms with Gasteiger partial charge in [-0.3, -0.25) is 4.99 Å². The average Bonchev–Trinajstić information content (AvgIpc) is 3.19. The van der Waals surface area contributed by atoms with Crippen molar-refractivity contribution in [2.75, 3.05) is 39.8 Å². The van der Waals surface area contributed by atoms with E-state index in [4.69, 9.17) is 4.52 Å². The minimum Gasteiger partial charge on any atom is -0.364 e. The van der Waals surface area contributed by atoms with Crippen LogP contribution in [0.2, 0.25) is 0 Å². The second kappa shape index (κ2) is 9.20. The van der Waals surface area contributed by atoms with Gasteiger partial charge in [0.2, 0.25) is 10.0 Å². The lowest BCUT2D eigenvalue weighted by Gasteiger charge is -2.35. The molecule has 2 aromatic rings. The van der Waals surface area contributed by atoms with Gasteiger partial charge in [-0.25, -0.2) is 8.42 Å². The number of guanidine groups is 1. The zero-order chi connectivity index (χ0) is 20.0. The number of aryl methyl sites for hydroxylation is 1. The molecule has 1 N–H and O–H groups in total. The summed E-state index contributed by atoms with van der Waals surface area (Å²) in [5.74, 6) is 0.675. The van der Waals surface area contributed by atoms with Crippen molar-refractivity contribution in [3.8, 4) is 0 Å². The smallest absolute Gasteiger partial charge is 0.220 e. The molecule has 28 heavy (non-hydrogen) atoms. The Kier molecular flexibility index (Phi) is 6.69. The van der Waals surface area contributed by atoms with E-state index in [1.165, 1.54) is 21.7 Å². The Morgan fingerprint density at radius 1 is 1.21 bits per heavy atom. The lowest BCUT2D eigenvalue weighted by atomic mass is 10.1. The molecule has 0 spiro atoms. The van der Waals surface area contributed by atoms with Crippen LogP contribution in [0.5, 0.6) is 0 Å². The van der Waals surface area contributed by atoms with Gasteiger partial charge >= 0.3 is 0 Å². The third kappa shape index (κ3) is 5.11.